The van der Waals surface area contributed by atoms with Gasteiger partial charge in [0.15, 0.2) is 0 Å². The standard InChI is InChI=1S/C22H22N4O3/c27-21(25-7-9-26(10-8-25)22(28)18-12-29-13-18)16-3-1-15(2-4-16)17-5-6-19-20(11-17)24-14-23-19/h1-6,11,14,18H,7-10,12-13H2,(H,23,24). The van der Waals surface area contributed by atoms with E-state index in [9.17, 15) is 9.59 Å². The average Bonchev–Trinajstić information content (AvgIpc) is 3.20. The van der Waals surface area contributed by atoms with Crippen LogP contribution in [0.1, 0.15) is 10.4 Å². The number of aromatic nitrogens is 2. The molecular weight excluding hydrogens is 368 g/mol. The molecule has 1 aromatic heterocycles. The van der Waals surface area contributed by atoms with Gasteiger partial charge >= 0.3 is 0 Å². The van der Waals surface area contributed by atoms with Crippen LogP contribution in [0.15, 0.2) is 48.8 Å². The summed E-state index contributed by atoms with van der Waals surface area (Å²) >= 11 is 0. The van der Waals surface area contributed by atoms with Gasteiger partial charge in [-0.05, 0) is 35.4 Å². The molecule has 0 bridgehead atoms. The van der Waals surface area contributed by atoms with Crippen molar-refractivity contribution in [3.63, 3.8) is 0 Å². The molecule has 0 radical (unpaired) electrons. The number of carbonyl (C=O) groups is 2. The van der Waals surface area contributed by atoms with E-state index >= 15 is 0 Å². The summed E-state index contributed by atoms with van der Waals surface area (Å²) in [7, 11) is 0. The summed E-state index contributed by atoms with van der Waals surface area (Å²) < 4.78 is 5.11. The van der Waals surface area contributed by atoms with Gasteiger partial charge in [0, 0.05) is 31.7 Å². The lowest BCUT2D eigenvalue weighted by molar-refractivity contribution is -0.151. The van der Waals surface area contributed by atoms with Crippen LogP contribution in [0.25, 0.3) is 22.2 Å². The lowest BCUT2D eigenvalue weighted by Gasteiger charge is -2.38. The van der Waals surface area contributed by atoms with E-state index in [0.29, 0.717) is 45.0 Å². The summed E-state index contributed by atoms with van der Waals surface area (Å²) in [5, 5.41) is 0. The second kappa shape index (κ2) is 7.33. The monoisotopic (exact) mass is 390 g/mol. The zero-order valence-corrected chi connectivity index (χ0v) is 16.0. The van der Waals surface area contributed by atoms with E-state index in [-0.39, 0.29) is 17.7 Å². The molecule has 7 nitrogen and oxygen atoms in total. The highest BCUT2D eigenvalue weighted by atomic mass is 16.5. The summed E-state index contributed by atoms with van der Waals surface area (Å²) in [5.41, 5.74) is 4.72. The molecular formula is C22H22N4O3. The highest BCUT2D eigenvalue weighted by Gasteiger charge is 2.33. The Balaban J connectivity index is 1.24. The minimum absolute atomic E-state index is 0.00535. The third-order valence-electron chi connectivity index (χ3n) is 5.75. The molecule has 29 heavy (non-hydrogen) atoms. The number of nitrogens with one attached hydrogen (secondary N) is 1. The number of fused-ring (bicyclic) bond motifs is 1. The van der Waals surface area contributed by atoms with Gasteiger partial charge in [0.1, 0.15) is 0 Å². The second-order valence-corrected chi connectivity index (χ2v) is 7.56. The molecule has 0 unspecified atom stereocenters. The Hall–Kier alpha value is -3.19. The number of ether oxygens (including phenoxy) is 1. The predicted molar refractivity (Wildman–Crippen MR) is 108 cm³/mol. The minimum Gasteiger partial charge on any atom is -0.380 e. The third kappa shape index (κ3) is 3.38. The van der Waals surface area contributed by atoms with Crippen LogP contribution >= 0.6 is 0 Å². The van der Waals surface area contributed by atoms with Crippen LogP contribution in [0.5, 0.6) is 0 Å². The first-order valence-corrected chi connectivity index (χ1v) is 9.88. The molecule has 0 saturated carbocycles. The Morgan fingerprint density at radius 1 is 0.931 bits per heavy atom. The molecule has 0 atom stereocenters. The van der Waals surface area contributed by atoms with Crippen molar-refractivity contribution in [2.45, 2.75) is 0 Å². The van der Waals surface area contributed by atoms with Gasteiger partial charge in [0.05, 0.1) is 36.5 Å². The molecule has 2 amide bonds. The number of aromatic amines is 1. The highest BCUT2D eigenvalue weighted by molar-refractivity contribution is 5.95. The number of imidazole rings is 1. The van der Waals surface area contributed by atoms with Crippen molar-refractivity contribution in [2.75, 3.05) is 39.4 Å². The lowest BCUT2D eigenvalue weighted by atomic mass is 10.0. The van der Waals surface area contributed by atoms with E-state index < -0.39 is 0 Å². The fraction of sp³-hybridized carbons (Fsp3) is 0.318. The number of piperazine rings is 1. The van der Waals surface area contributed by atoms with Crippen molar-refractivity contribution in [2.24, 2.45) is 5.92 Å². The molecule has 148 valence electrons. The summed E-state index contributed by atoms with van der Waals surface area (Å²) in [6.07, 6.45) is 1.68. The molecule has 2 aliphatic heterocycles. The number of benzene rings is 2. The zero-order valence-electron chi connectivity index (χ0n) is 16.0. The number of H-pyrrole nitrogens is 1. The Labute approximate surface area is 168 Å². The maximum absolute atomic E-state index is 12.9. The Morgan fingerprint density at radius 3 is 2.31 bits per heavy atom. The van der Waals surface area contributed by atoms with Gasteiger partial charge in [-0.1, -0.05) is 18.2 Å². The number of amides is 2. The Bertz CT molecular complexity index is 1050. The maximum atomic E-state index is 12.9. The first-order chi connectivity index (χ1) is 14.2. The molecule has 2 fully saturated rings. The summed E-state index contributed by atoms with van der Waals surface area (Å²) in [4.78, 5) is 36.2. The third-order valence-corrected chi connectivity index (χ3v) is 5.75. The quantitative estimate of drug-likeness (QED) is 0.743. The van der Waals surface area contributed by atoms with Crippen molar-refractivity contribution < 1.29 is 14.3 Å². The number of nitrogens with zero attached hydrogens (tertiary/aromatic N) is 3. The van der Waals surface area contributed by atoms with Gasteiger partial charge in [-0.3, -0.25) is 9.59 Å². The van der Waals surface area contributed by atoms with E-state index in [1.165, 1.54) is 0 Å². The molecule has 3 heterocycles. The highest BCUT2D eigenvalue weighted by Crippen LogP contribution is 2.24. The van der Waals surface area contributed by atoms with Gasteiger partial charge in [-0.15, -0.1) is 0 Å². The second-order valence-electron chi connectivity index (χ2n) is 7.56. The van der Waals surface area contributed by atoms with Crippen molar-refractivity contribution in [3.05, 3.63) is 54.4 Å². The van der Waals surface area contributed by atoms with Crippen LogP contribution in [0.4, 0.5) is 0 Å². The van der Waals surface area contributed by atoms with Gasteiger partial charge in [-0.2, -0.15) is 0 Å². The summed E-state index contributed by atoms with van der Waals surface area (Å²) in [6, 6.07) is 13.8. The first-order valence-electron chi connectivity index (χ1n) is 9.88. The van der Waals surface area contributed by atoms with Crippen LogP contribution in [0, 0.1) is 5.92 Å². The molecule has 7 heteroatoms. The molecule has 5 rings (SSSR count). The van der Waals surface area contributed by atoms with Crippen LogP contribution < -0.4 is 0 Å². The minimum atomic E-state index is 0.00535. The van der Waals surface area contributed by atoms with Gasteiger partial charge < -0.3 is 19.5 Å². The van der Waals surface area contributed by atoms with E-state index in [4.69, 9.17) is 4.74 Å². The number of hydrogen-bond donors (Lipinski definition) is 1. The SMILES string of the molecule is O=C(c1ccc(-c2ccc3nc[nH]c3c2)cc1)N1CCN(C(=O)C2COC2)CC1. The normalized spacial score (nSPS) is 17.4. The number of hydrogen-bond acceptors (Lipinski definition) is 4. The van der Waals surface area contributed by atoms with Crippen molar-refractivity contribution in [1.29, 1.82) is 0 Å². The van der Waals surface area contributed by atoms with Gasteiger partial charge in [0.2, 0.25) is 5.91 Å². The van der Waals surface area contributed by atoms with E-state index in [0.717, 1.165) is 22.2 Å². The van der Waals surface area contributed by atoms with E-state index in [1.807, 2.05) is 46.2 Å². The predicted octanol–water partition coefficient (Wildman–Crippen LogP) is 2.16. The first kappa shape index (κ1) is 17.9. The average molecular weight is 390 g/mol. The molecule has 2 saturated heterocycles. The van der Waals surface area contributed by atoms with Crippen LogP contribution in [0.2, 0.25) is 0 Å². The van der Waals surface area contributed by atoms with Crippen LogP contribution in [0.3, 0.4) is 0 Å². The van der Waals surface area contributed by atoms with Crippen molar-refractivity contribution in [1.82, 2.24) is 19.8 Å². The molecule has 2 aliphatic rings. The fourth-order valence-corrected chi connectivity index (χ4v) is 3.87. The largest absolute Gasteiger partial charge is 0.380 e. The Morgan fingerprint density at radius 2 is 1.62 bits per heavy atom. The Kier molecular flexibility index (Phi) is 4.52. The zero-order chi connectivity index (χ0) is 19.8. The smallest absolute Gasteiger partial charge is 0.253 e. The number of rotatable bonds is 3. The summed E-state index contributed by atoms with van der Waals surface area (Å²) in [5.74, 6) is 0.173. The van der Waals surface area contributed by atoms with Crippen molar-refractivity contribution >= 4 is 22.8 Å². The topological polar surface area (TPSA) is 78.5 Å². The molecule has 2 aromatic carbocycles. The van der Waals surface area contributed by atoms with Crippen LogP contribution in [-0.2, 0) is 9.53 Å². The maximum Gasteiger partial charge on any atom is 0.253 e. The molecule has 1 N–H and O–H groups in total. The van der Waals surface area contributed by atoms with E-state index in [1.54, 1.807) is 6.33 Å². The molecule has 3 aromatic rings. The van der Waals surface area contributed by atoms with Crippen LogP contribution in [-0.4, -0.2) is 71.0 Å². The number of carbonyl (C=O) groups excluding carboxylic acids is 2. The lowest BCUT2D eigenvalue weighted by Crippen LogP contribution is -2.54. The van der Waals surface area contributed by atoms with Gasteiger partial charge in [0.25, 0.3) is 5.91 Å². The van der Waals surface area contributed by atoms with Crippen molar-refractivity contribution in [3.8, 4) is 11.1 Å². The fourth-order valence-electron chi connectivity index (χ4n) is 3.87. The molecule has 0 aliphatic carbocycles. The van der Waals surface area contributed by atoms with Gasteiger partial charge in [-0.25, -0.2) is 4.98 Å². The molecule has 0 spiro atoms. The van der Waals surface area contributed by atoms with E-state index in [2.05, 4.69) is 16.0 Å². The summed E-state index contributed by atoms with van der Waals surface area (Å²) in [6.45, 7) is 3.36.